The second-order valence-electron chi connectivity index (χ2n) is 4.35. The van der Waals surface area contributed by atoms with E-state index in [0.717, 1.165) is 12.8 Å². The summed E-state index contributed by atoms with van der Waals surface area (Å²) >= 11 is 0. The summed E-state index contributed by atoms with van der Waals surface area (Å²) in [6.07, 6.45) is 1.78. The number of nitrogens with zero attached hydrogens (tertiary/aromatic N) is 1. The lowest BCUT2D eigenvalue weighted by Gasteiger charge is -2.18. The summed E-state index contributed by atoms with van der Waals surface area (Å²) in [5.41, 5.74) is 6.00. The number of anilines is 1. The Morgan fingerprint density at radius 3 is 2.40 bits per heavy atom. The highest BCUT2D eigenvalue weighted by Gasteiger charge is 2.21. The molecule has 0 saturated carbocycles. The summed E-state index contributed by atoms with van der Waals surface area (Å²) in [6, 6.07) is 2.90. The fraction of sp³-hybridized carbons (Fsp3) is 0.538. The van der Waals surface area contributed by atoms with Crippen molar-refractivity contribution in [1.29, 1.82) is 0 Å². The number of nitro benzene ring substituents is 1. The maximum atomic E-state index is 11.2. The Morgan fingerprint density at radius 1 is 1.35 bits per heavy atom. The van der Waals surface area contributed by atoms with Gasteiger partial charge >= 0.3 is 0 Å². The molecule has 1 rings (SSSR count). The van der Waals surface area contributed by atoms with Gasteiger partial charge in [-0.3, -0.25) is 10.1 Å². The average Bonchev–Trinajstić information content (AvgIpc) is 2.45. The topological polar surface area (TPSA) is 99.7 Å². The Kier molecular flexibility index (Phi) is 6.05. The van der Waals surface area contributed by atoms with Gasteiger partial charge in [-0.2, -0.15) is 0 Å². The van der Waals surface area contributed by atoms with Crippen LogP contribution in [-0.2, 0) is 0 Å². The lowest BCUT2D eigenvalue weighted by Crippen LogP contribution is -2.28. The zero-order valence-corrected chi connectivity index (χ0v) is 12.0. The average molecular weight is 283 g/mol. The molecule has 112 valence electrons. The number of benzene rings is 1. The summed E-state index contributed by atoms with van der Waals surface area (Å²) in [6.45, 7) is 2.44. The zero-order valence-electron chi connectivity index (χ0n) is 12.0. The van der Waals surface area contributed by atoms with Crippen LogP contribution < -0.4 is 20.5 Å². The molecule has 1 aromatic carbocycles. The van der Waals surface area contributed by atoms with E-state index in [0.29, 0.717) is 23.7 Å². The van der Waals surface area contributed by atoms with Gasteiger partial charge in [0.15, 0.2) is 11.5 Å². The number of hydrogen-bond acceptors (Lipinski definition) is 6. The molecule has 0 bridgehead atoms. The van der Waals surface area contributed by atoms with E-state index >= 15 is 0 Å². The third-order valence-corrected chi connectivity index (χ3v) is 2.98. The molecule has 7 nitrogen and oxygen atoms in total. The van der Waals surface area contributed by atoms with Crippen LogP contribution in [0.3, 0.4) is 0 Å². The van der Waals surface area contributed by atoms with Crippen LogP contribution in [0.2, 0.25) is 0 Å². The van der Waals surface area contributed by atoms with Crippen molar-refractivity contribution in [2.45, 2.75) is 25.8 Å². The van der Waals surface area contributed by atoms with Crippen LogP contribution in [0.15, 0.2) is 12.1 Å². The third-order valence-electron chi connectivity index (χ3n) is 2.98. The van der Waals surface area contributed by atoms with Gasteiger partial charge in [-0.1, -0.05) is 13.3 Å². The van der Waals surface area contributed by atoms with Gasteiger partial charge in [-0.05, 0) is 6.42 Å². The largest absolute Gasteiger partial charge is 0.493 e. The highest BCUT2D eigenvalue weighted by molar-refractivity contribution is 5.68. The van der Waals surface area contributed by atoms with Crippen molar-refractivity contribution in [1.82, 2.24) is 0 Å². The lowest BCUT2D eigenvalue weighted by molar-refractivity contribution is -0.384. The maximum Gasteiger partial charge on any atom is 0.296 e. The standard InChI is InChI=1S/C13H21N3O4/c1-4-5-9(8-14)15-10-6-12(19-2)13(20-3)7-11(10)16(17)18/h6-7,9,15H,4-5,8,14H2,1-3H3. The van der Waals surface area contributed by atoms with Crippen LogP contribution in [0.25, 0.3) is 0 Å². The quantitative estimate of drug-likeness (QED) is 0.560. The Bertz CT molecular complexity index is 465. The van der Waals surface area contributed by atoms with E-state index < -0.39 is 4.92 Å². The van der Waals surface area contributed by atoms with Crippen molar-refractivity contribution in [3.8, 4) is 11.5 Å². The summed E-state index contributed by atoms with van der Waals surface area (Å²) in [7, 11) is 2.92. The molecule has 0 spiro atoms. The number of nitrogens with two attached hydrogens (primary N) is 1. The molecule has 1 atom stereocenters. The molecular weight excluding hydrogens is 262 g/mol. The van der Waals surface area contributed by atoms with E-state index in [4.69, 9.17) is 15.2 Å². The molecule has 1 unspecified atom stereocenters. The first kappa shape index (κ1) is 16.0. The molecule has 1 aromatic rings. The van der Waals surface area contributed by atoms with E-state index in [-0.39, 0.29) is 11.7 Å². The Balaban J connectivity index is 3.18. The highest BCUT2D eigenvalue weighted by Crippen LogP contribution is 2.37. The van der Waals surface area contributed by atoms with Gasteiger partial charge in [0.25, 0.3) is 5.69 Å². The van der Waals surface area contributed by atoms with E-state index in [1.165, 1.54) is 20.3 Å². The maximum absolute atomic E-state index is 11.2. The van der Waals surface area contributed by atoms with Gasteiger partial charge in [0, 0.05) is 18.7 Å². The second kappa shape index (κ2) is 7.54. The zero-order chi connectivity index (χ0) is 15.1. The van der Waals surface area contributed by atoms with Crippen LogP contribution in [0, 0.1) is 10.1 Å². The number of nitrogens with one attached hydrogen (secondary N) is 1. The summed E-state index contributed by atoms with van der Waals surface area (Å²) < 4.78 is 10.2. The van der Waals surface area contributed by atoms with E-state index in [2.05, 4.69) is 5.32 Å². The molecule has 0 aliphatic heterocycles. The first-order valence-corrected chi connectivity index (χ1v) is 6.44. The Morgan fingerprint density at radius 2 is 1.95 bits per heavy atom. The van der Waals surface area contributed by atoms with Crippen molar-refractivity contribution in [3.63, 3.8) is 0 Å². The molecule has 20 heavy (non-hydrogen) atoms. The fourth-order valence-corrected chi connectivity index (χ4v) is 1.95. The number of methoxy groups -OCH3 is 2. The van der Waals surface area contributed by atoms with Crippen molar-refractivity contribution in [2.75, 3.05) is 26.1 Å². The van der Waals surface area contributed by atoms with Crippen molar-refractivity contribution in [3.05, 3.63) is 22.2 Å². The summed E-state index contributed by atoms with van der Waals surface area (Å²) in [5, 5.41) is 14.3. The minimum absolute atomic E-state index is 0.0169. The van der Waals surface area contributed by atoms with Crippen molar-refractivity contribution >= 4 is 11.4 Å². The minimum Gasteiger partial charge on any atom is -0.493 e. The van der Waals surface area contributed by atoms with E-state index in [1.54, 1.807) is 6.07 Å². The van der Waals surface area contributed by atoms with Crippen LogP contribution in [0.4, 0.5) is 11.4 Å². The van der Waals surface area contributed by atoms with Crippen molar-refractivity contribution < 1.29 is 14.4 Å². The molecule has 0 fully saturated rings. The van der Waals surface area contributed by atoms with Crippen molar-refractivity contribution in [2.24, 2.45) is 5.73 Å². The first-order valence-electron chi connectivity index (χ1n) is 6.44. The fourth-order valence-electron chi connectivity index (χ4n) is 1.95. The Hall–Kier alpha value is -2.02. The number of hydrogen-bond donors (Lipinski definition) is 2. The molecule has 0 amide bonds. The number of rotatable bonds is 8. The molecule has 7 heteroatoms. The molecule has 0 heterocycles. The first-order chi connectivity index (χ1) is 9.57. The van der Waals surface area contributed by atoms with Gasteiger partial charge in [0.2, 0.25) is 0 Å². The molecule has 0 saturated heterocycles. The summed E-state index contributed by atoms with van der Waals surface area (Å²) in [5.74, 6) is 0.761. The lowest BCUT2D eigenvalue weighted by atomic mass is 10.1. The smallest absolute Gasteiger partial charge is 0.296 e. The summed E-state index contributed by atoms with van der Waals surface area (Å²) in [4.78, 5) is 10.7. The number of nitro groups is 1. The minimum atomic E-state index is -0.455. The highest BCUT2D eigenvalue weighted by atomic mass is 16.6. The SMILES string of the molecule is CCCC(CN)Nc1cc(OC)c(OC)cc1[N+](=O)[O-]. The predicted molar refractivity (Wildman–Crippen MR) is 77.6 cm³/mol. The van der Waals surface area contributed by atoms with E-state index in [1.807, 2.05) is 6.92 Å². The molecular formula is C13H21N3O4. The van der Waals surface area contributed by atoms with Crippen LogP contribution in [0.5, 0.6) is 11.5 Å². The monoisotopic (exact) mass is 283 g/mol. The van der Waals surface area contributed by atoms with Crippen LogP contribution >= 0.6 is 0 Å². The predicted octanol–water partition coefficient (Wildman–Crippen LogP) is 2.15. The van der Waals surface area contributed by atoms with Gasteiger partial charge in [0.1, 0.15) is 5.69 Å². The molecule has 0 aliphatic rings. The van der Waals surface area contributed by atoms with Crippen LogP contribution in [0.1, 0.15) is 19.8 Å². The van der Waals surface area contributed by atoms with E-state index in [9.17, 15) is 10.1 Å². The molecule has 3 N–H and O–H groups in total. The molecule has 0 aromatic heterocycles. The van der Waals surface area contributed by atoms with Gasteiger partial charge in [-0.15, -0.1) is 0 Å². The second-order valence-corrected chi connectivity index (χ2v) is 4.35. The number of ether oxygens (including phenoxy) is 2. The normalized spacial score (nSPS) is 11.8. The molecule has 0 radical (unpaired) electrons. The molecule has 0 aliphatic carbocycles. The Labute approximate surface area is 118 Å². The van der Waals surface area contributed by atoms with Gasteiger partial charge in [0.05, 0.1) is 25.2 Å². The van der Waals surface area contributed by atoms with Crippen LogP contribution in [-0.4, -0.2) is 31.7 Å². The van der Waals surface area contributed by atoms with Gasteiger partial charge in [-0.25, -0.2) is 0 Å². The third kappa shape index (κ3) is 3.74. The van der Waals surface area contributed by atoms with Gasteiger partial charge < -0.3 is 20.5 Å².